The molecule has 0 amide bonds. The molecule has 0 heterocycles. The second kappa shape index (κ2) is 7.58. The van der Waals surface area contributed by atoms with Crippen molar-refractivity contribution in [2.75, 3.05) is 0 Å². The quantitative estimate of drug-likeness (QED) is 0.630. The minimum absolute atomic E-state index is 0.119. The standard InChI is InChI=1S/C10H16N2O/c1-9(5-3-7-11)13-10(2)6-4-8-12/h9-10H,3-6H2,1-2H3. The number of rotatable bonds is 6. The Bertz CT molecular complexity index is 180. The molecule has 0 saturated heterocycles. The lowest BCUT2D eigenvalue weighted by Gasteiger charge is -2.17. The first-order chi connectivity index (χ1) is 6.20. The van der Waals surface area contributed by atoms with E-state index in [0.29, 0.717) is 12.8 Å². The fourth-order valence-electron chi connectivity index (χ4n) is 1.07. The van der Waals surface area contributed by atoms with Gasteiger partial charge in [-0.1, -0.05) is 0 Å². The highest BCUT2D eigenvalue weighted by Crippen LogP contribution is 2.08. The topological polar surface area (TPSA) is 56.8 Å². The highest BCUT2D eigenvalue weighted by Gasteiger charge is 2.07. The van der Waals surface area contributed by atoms with E-state index in [-0.39, 0.29) is 12.2 Å². The van der Waals surface area contributed by atoms with E-state index in [0.717, 1.165) is 12.8 Å². The minimum atomic E-state index is 0.119. The van der Waals surface area contributed by atoms with Gasteiger partial charge in [0.1, 0.15) is 0 Å². The van der Waals surface area contributed by atoms with Crippen molar-refractivity contribution in [3.63, 3.8) is 0 Å². The van der Waals surface area contributed by atoms with Crippen molar-refractivity contribution in [2.45, 2.75) is 51.7 Å². The molecule has 0 fully saturated rings. The zero-order chi connectivity index (χ0) is 10.1. The molecule has 0 spiro atoms. The van der Waals surface area contributed by atoms with Gasteiger partial charge in [0.2, 0.25) is 0 Å². The summed E-state index contributed by atoms with van der Waals surface area (Å²) in [5, 5.41) is 16.7. The third-order valence-electron chi connectivity index (χ3n) is 1.79. The molecule has 0 saturated carbocycles. The largest absolute Gasteiger partial charge is 0.375 e. The van der Waals surface area contributed by atoms with E-state index in [2.05, 4.69) is 12.1 Å². The Kier molecular flexibility index (Phi) is 6.96. The number of nitrogens with zero attached hydrogens (tertiary/aromatic N) is 2. The van der Waals surface area contributed by atoms with Gasteiger partial charge in [0.25, 0.3) is 0 Å². The maximum atomic E-state index is 8.34. The van der Waals surface area contributed by atoms with Crippen LogP contribution in [0.1, 0.15) is 39.5 Å². The Labute approximate surface area is 79.9 Å². The van der Waals surface area contributed by atoms with E-state index in [9.17, 15) is 0 Å². The van der Waals surface area contributed by atoms with E-state index < -0.39 is 0 Å². The van der Waals surface area contributed by atoms with E-state index in [4.69, 9.17) is 15.3 Å². The van der Waals surface area contributed by atoms with Crippen LogP contribution < -0.4 is 0 Å². The van der Waals surface area contributed by atoms with Crippen molar-refractivity contribution < 1.29 is 4.74 Å². The minimum Gasteiger partial charge on any atom is -0.375 e. The van der Waals surface area contributed by atoms with E-state index >= 15 is 0 Å². The molecule has 0 aromatic rings. The van der Waals surface area contributed by atoms with E-state index in [1.165, 1.54) is 0 Å². The molecule has 0 aliphatic carbocycles. The third kappa shape index (κ3) is 7.31. The Hall–Kier alpha value is -1.06. The molecule has 0 aromatic carbocycles. The SMILES string of the molecule is CC(CCC#N)OC(C)CCC#N. The number of hydrogen-bond acceptors (Lipinski definition) is 3. The van der Waals surface area contributed by atoms with Crippen molar-refractivity contribution in [1.82, 2.24) is 0 Å². The van der Waals surface area contributed by atoms with Gasteiger partial charge in [-0.25, -0.2) is 0 Å². The van der Waals surface area contributed by atoms with Crippen LogP contribution in [-0.4, -0.2) is 12.2 Å². The van der Waals surface area contributed by atoms with Gasteiger partial charge in [-0.2, -0.15) is 10.5 Å². The van der Waals surface area contributed by atoms with Gasteiger partial charge in [-0.15, -0.1) is 0 Å². The van der Waals surface area contributed by atoms with Crippen molar-refractivity contribution >= 4 is 0 Å². The zero-order valence-electron chi connectivity index (χ0n) is 8.29. The van der Waals surface area contributed by atoms with Crippen LogP contribution in [0.5, 0.6) is 0 Å². The number of nitriles is 2. The molecule has 3 nitrogen and oxygen atoms in total. The summed E-state index contributed by atoms with van der Waals surface area (Å²) in [5.74, 6) is 0. The molecular formula is C10H16N2O. The first-order valence-electron chi connectivity index (χ1n) is 4.60. The van der Waals surface area contributed by atoms with Gasteiger partial charge in [0.15, 0.2) is 0 Å². The smallest absolute Gasteiger partial charge is 0.0622 e. The molecule has 0 rings (SSSR count). The van der Waals surface area contributed by atoms with Crippen LogP contribution in [0, 0.1) is 22.7 Å². The third-order valence-corrected chi connectivity index (χ3v) is 1.79. The van der Waals surface area contributed by atoms with Gasteiger partial charge in [-0.05, 0) is 26.7 Å². The van der Waals surface area contributed by atoms with Gasteiger partial charge < -0.3 is 4.74 Å². The predicted molar refractivity (Wildman–Crippen MR) is 49.7 cm³/mol. The molecule has 0 aliphatic heterocycles. The normalized spacial score (nSPS) is 14.2. The molecule has 0 bridgehead atoms. The van der Waals surface area contributed by atoms with Crippen molar-refractivity contribution in [3.05, 3.63) is 0 Å². The molecule has 0 aromatic heterocycles. The Balaban J connectivity index is 3.48. The van der Waals surface area contributed by atoms with Gasteiger partial charge >= 0.3 is 0 Å². The highest BCUT2D eigenvalue weighted by molar-refractivity contribution is 4.73. The lowest BCUT2D eigenvalue weighted by atomic mass is 10.2. The van der Waals surface area contributed by atoms with Crippen molar-refractivity contribution in [3.8, 4) is 12.1 Å². The van der Waals surface area contributed by atoms with Crippen LogP contribution >= 0.6 is 0 Å². The van der Waals surface area contributed by atoms with Crippen LogP contribution in [-0.2, 0) is 4.74 Å². The highest BCUT2D eigenvalue weighted by atomic mass is 16.5. The molecule has 13 heavy (non-hydrogen) atoms. The number of hydrogen-bond donors (Lipinski definition) is 0. The Morgan fingerprint density at radius 3 is 1.69 bits per heavy atom. The van der Waals surface area contributed by atoms with Crippen LogP contribution in [0.2, 0.25) is 0 Å². The number of ether oxygens (including phenoxy) is 1. The lowest BCUT2D eigenvalue weighted by molar-refractivity contribution is 0.00156. The first kappa shape index (κ1) is 11.9. The monoisotopic (exact) mass is 180 g/mol. The second-order valence-electron chi connectivity index (χ2n) is 3.15. The summed E-state index contributed by atoms with van der Waals surface area (Å²) in [5.41, 5.74) is 0. The van der Waals surface area contributed by atoms with Crippen LogP contribution in [0.25, 0.3) is 0 Å². The summed E-state index contributed by atoms with van der Waals surface area (Å²) in [6.07, 6.45) is 2.85. The molecule has 2 atom stereocenters. The summed E-state index contributed by atoms with van der Waals surface area (Å²) >= 11 is 0. The van der Waals surface area contributed by atoms with Gasteiger partial charge in [0.05, 0.1) is 24.3 Å². The van der Waals surface area contributed by atoms with E-state index in [1.807, 2.05) is 13.8 Å². The Morgan fingerprint density at radius 1 is 1.00 bits per heavy atom. The second-order valence-corrected chi connectivity index (χ2v) is 3.15. The summed E-state index contributed by atoms with van der Waals surface area (Å²) < 4.78 is 5.55. The molecule has 2 unspecified atom stereocenters. The summed E-state index contributed by atoms with van der Waals surface area (Å²) in [4.78, 5) is 0. The molecule has 0 N–H and O–H groups in total. The maximum Gasteiger partial charge on any atom is 0.0622 e. The molecule has 0 aliphatic rings. The summed E-state index contributed by atoms with van der Waals surface area (Å²) in [6.45, 7) is 3.92. The van der Waals surface area contributed by atoms with Crippen LogP contribution in [0.15, 0.2) is 0 Å². The lowest BCUT2D eigenvalue weighted by Crippen LogP contribution is -2.16. The van der Waals surface area contributed by atoms with E-state index in [1.54, 1.807) is 0 Å². The average Bonchev–Trinajstić information content (AvgIpc) is 2.11. The first-order valence-corrected chi connectivity index (χ1v) is 4.60. The maximum absolute atomic E-state index is 8.34. The van der Waals surface area contributed by atoms with Crippen LogP contribution in [0.3, 0.4) is 0 Å². The summed E-state index contributed by atoms with van der Waals surface area (Å²) in [6, 6.07) is 4.17. The molecule has 0 radical (unpaired) electrons. The zero-order valence-corrected chi connectivity index (χ0v) is 8.29. The van der Waals surface area contributed by atoms with Gasteiger partial charge in [0, 0.05) is 12.8 Å². The fourth-order valence-corrected chi connectivity index (χ4v) is 1.07. The predicted octanol–water partition coefficient (Wildman–Crippen LogP) is 2.39. The summed E-state index contributed by atoms with van der Waals surface area (Å²) in [7, 11) is 0. The average molecular weight is 180 g/mol. The Morgan fingerprint density at radius 2 is 1.38 bits per heavy atom. The molecule has 3 heteroatoms. The van der Waals surface area contributed by atoms with Gasteiger partial charge in [-0.3, -0.25) is 0 Å². The van der Waals surface area contributed by atoms with Crippen LogP contribution in [0.4, 0.5) is 0 Å². The van der Waals surface area contributed by atoms with Crippen molar-refractivity contribution in [2.24, 2.45) is 0 Å². The molecule has 72 valence electrons. The van der Waals surface area contributed by atoms with Crippen molar-refractivity contribution in [1.29, 1.82) is 10.5 Å². The molecular weight excluding hydrogens is 164 g/mol. The fraction of sp³-hybridized carbons (Fsp3) is 0.800.